The van der Waals surface area contributed by atoms with Gasteiger partial charge in [-0.3, -0.25) is 0 Å². The van der Waals surface area contributed by atoms with Crippen LogP contribution in [-0.4, -0.2) is 0 Å². The van der Waals surface area contributed by atoms with Crippen LogP contribution in [0, 0.1) is 12.7 Å². The first-order valence-electron chi connectivity index (χ1n) is 5.50. The van der Waals surface area contributed by atoms with Gasteiger partial charge in [0, 0.05) is 16.7 Å². The molecule has 0 radical (unpaired) electrons. The summed E-state index contributed by atoms with van der Waals surface area (Å²) < 4.78 is 14.1. The Hall–Kier alpha value is -1.06. The molecule has 0 spiro atoms. The summed E-state index contributed by atoms with van der Waals surface area (Å²) in [4.78, 5) is 0. The van der Waals surface area contributed by atoms with E-state index in [0.29, 0.717) is 6.54 Å². The molecule has 0 unspecified atom stereocenters. The van der Waals surface area contributed by atoms with Gasteiger partial charge in [-0.25, -0.2) is 4.39 Å². The van der Waals surface area contributed by atoms with Gasteiger partial charge in [0.1, 0.15) is 5.82 Å². The summed E-state index contributed by atoms with van der Waals surface area (Å²) in [6.07, 6.45) is 0. The van der Waals surface area contributed by atoms with Crippen LogP contribution < -0.4 is 5.32 Å². The van der Waals surface area contributed by atoms with Gasteiger partial charge in [-0.1, -0.05) is 33.6 Å². The predicted octanol–water partition coefficient (Wildman–Crippen LogP) is 5.16. The molecule has 1 nitrogen and oxygen atoms in total. The lowest BCUT2D eigenvalue weighted by atomic mass is 10.2. The Kier molecular flexibility index (Phi) is 4.25. The van der Waals surface area contributed by atoms with Crippen LogP contribution in [0.5, 0.6) is 0 Å². The number of nitrogens with one attached hydrogen (secondary N) is 1. The standard InChI is InChI=1S/C14H12BrClFN/c1-9-6-11(3-4-12(9)15)18-8-10-2-5-14(17)13(16)7-10/h2-7,18H,8H2,1H3. The van der Waals surface area contributed by atoms with Crippen molar-refractivity contribution in [2.45, 2.75) is 13.5 Å². The molecule has 2 rings (SSSR count). The maximum Gasteiger partial charge on any atom is 0.141 e. The van der Waals surface area contributed by atoms with Crippen molar-refractivity contribution in [1.82, 2.24) is 0 Å². The molecule has 0 bridgehead atoms. The van der Waals surface area contributed by atoms with Crippen LogP contribution in [-0.2, 0) is 6.54 Å². The maximum absolute atomic E-state index is 13.0. The molecule has 2 aromatic carbocycles. The number of hydrogen-bond acceptors (Lipinski definition) is 1. The molecule has 0 aliphatic carbocycles. The summed E-state index contributed by atoms with van der Waals surface area (Å²) in [6.45, 7) is 2.64. The van der Waals surface area contributed by atoms with Gasteiger partial charge in [-0.15, -0.1) is 0 Å². The molecule has 0 saturated heterocycles. The highest BCUT2D eigenvalue weighted by molar-refractivity contribution is 9.10. The monoisotopic (exact) mass is 327 g/mol. The van der Waals surface area contributed by atoms with Crippen molar-refractivity contribution in [2.75, 3.05) is 5.32 Å². The van der Waals surface area contributed by atoms with E-state index in [-0.39, 0.29) is 10.8 Å². The highest BCUT2D eigenvalue weighted by Gasteiger charge is 2.01. The van der Waals surface area contributed by atoms with Crippen LogP contribution >= 0.6 is 27.5 Å². The number of hydrogen-bond donors (Lipinski definition) is 1. The number of rotatable bonds is 3. The number of aryl methyl sites for hydroxylation is 1. The molecule has 18 heavy (non-hydrogen) atoms. The minimum absolute atomic E-state index is 0.154. The summed E-state index contributed by atoms with van der Waals surface area (Å²) in [6, 6.07) is 10.8. The highest BCUT2D eigenvalue weighted by atomic mass is 79.9. The average Bonchev–Trinajstić information content (AvgIpc) is 2.35. The SMILES string of the molecule is Cc1cc(NCc2ccc(F)c(Cl)c2)ccc1Br. The van der Waals surface area contributed by atoms with Crippen molar-refractivity contribution in [3.63, 3.8) is 0 Å². The van der Waals surface area contributed by atoms with E-state index in [1.54, 1.807) is 12.1 Å². The normalized spacial score (nSPS) is 10.4. The second kappa shape index (κ2) is 5.72. The Morgan fingerprint density at radius 3 is 2.67 bits per heavy atom. The third-order valence-corrected chi connectivity index (χ3v) is 3.82. The van der Waals surface area contributed by atoms with Crippen LogP contribution in [0.15, 0.2) is 40.9 Å². The van der Waals surface area contributed by atoms with Gasteiger partial charge in [-0.2, -0.15) is 0 Å². The Morgan fingerprint density at radius 1 is 1.22 bits per heavy atom. The van der Waals surface area contributed by atoms with E-state index in [1.165, 1.54) is 6.07 Å². The molecule has 2 aromatic rings. The molecule has 0 fully saturated rings. The second-order valence-corrected chi connectivity index (χ2v) is 5.33. The molecule has 0 amide bonds. The van der Waals surface area contributed by atoms with E-state index in [1.807, 2.05) is 19.1 Å². The lowest BCUT2D eigenvalue weighted by Crippen LogP contribution is -2.00. The van der Waals surface area contributed by atoms with E-state index >= 15 is 0 Å². The van der Waals surface area contributed by atoms with Gasteiger partial charge in [0.05, 0.1) is 5.02 Å². The molecule has 0 atom stereocenters. The molecule has 1 N–H and O–H groups in total. The first kappa shape index (κ1) is 13.4. The molecule has 4 heteroatoms. The fourth-order valence-electron chi connectivity index (χ4n) is 1.61. The molecule has 0 heterocycles. The largest absolute Gasteiger partial charge is 0.381 e. The highest BCUT2D eigenvalue weighted by Crippen LogP contribution is 2.21. The van der Waals surface area contributed by atoms with E-state index in [9.17, 15) is 4.39 Å². The summed E-state index contributed by atoms with van der Waals surface area (Å²) in [5, 5.41) is 3.43. The summed E-state index contributed by atoms with van der Waals surface area (Å²) in [5.41, 5.74) is 3.13. The third-order valence-electron chi connectivity index (χ3n) is 2.64. The Morgan fingerprint density at radius 2 is 2.00 bits per heavy atom. The summed E-state index contributed by atoms with van der Waals surface area (Å²) in [5.74, 6) is -0.389. The summed E-state index contributed by atoms with van der Waals surface area (Å²) in [7, 11) is 0. The first-order chi connectivity index (χ1) is 8.56. The average molecular weight is 329 g/mol. The van der Waals surface area contributed by atoms with Crippen LogP contribution in [0.4, 0.5) is 10.1 Å². The van der Waals surface area contributed by atoms with Gasteiger partial charge < -0.3 is 5.32 Å². The summed E-state index contributed by atoms with van der Waals surface area (Å²) >= 11 is 9.19. The van der Waals surface area contributed by atoms with Gasteiger partial charge >= 0.3 is 0 Å². The zero-order chi connectivity index (χ0) is 13.1. The Bertz CT molecular complexity index is 520. The molecule has 94 valence electrons. The minimum atomic E-state index is -0.389. The van der Waals surface area contributed by atoms with E-state index < -0.39 is 0 Å². The van der Waals surface area contributed by atoms with Crippen molar-refractivity contribution >= 4 is 33.2 Å². The van der Waals surface area contributed by atoms with Crippen LogP contribution in [0.1, 0.15) is 11.1 Å². The van der Waals surface area contributed by atoms with Crippen molar-refractivity contribution in [3.8, 4) is 0 Å². The molecule has 0 aliphatic heterocycles. The van der Waals surface area contributed by atoms with Crippen molar-refractivity contribution in [2.24, 2.45) is 0 Å². The Balaban J connectivity index is 2.06. The fourth-order valence-corrected chi connectivity index (χ4v) is 2.06. The first-order valence-corrected chi connectivity index (χ1v) is 6.67. The lowest BCUT2D eigenvalue weighted by molar-refractivity contribution is 0.627. The lowest BCUT2D eigenvalue weighted by Gasteiger charge is -2.08. The molecular formula is C14H12BrClFN. The third kappa shape index (κ3) is 3.24. The minimum Gasteiger partial charge on any atom is -0.381 e. The van der Waals surface area contributed by atoms with Crippen LogP contribution in [0.2, 0.25) is 5.02 Å². The van der Waals surface area contributed by atoms with Crippen LogP contribution in [0.25, 0.3) is 0 Å². The number of anilines is 1. The van der Waals surface area contributed by atoms with Gasteiger partial charge in [0.15, 0.2) is 0 Å². The second-order valence-electron chi connectivity index (χ2n) is 4.07. The van der Waals surface area contributed by atoms with Crippen molar-refractivity contribution in [3.05, 3.63) is 62.8 Å². The van der Waals surface area contributed by atoms with E-state index in [0.717, 1.165) is 21.3 Å². The predicted molar refractivity (Wildman–Crippen MR) is 77.6 cm³/mol. The molecular weight excluding hydrogens is 317 g/mol. The van der Waals surface area contributed by atoms with Crippen molar-refractivity contribution in [1.29, 1.82) is 0 Å². The van der Waals surface area contributed by atoms with Gasteiger partial charge in [0.2, 0.25) is 0 Å². The van der Waals surface area contributed by atoms with E-state index in [4.69, 9.17) is 11.6 Å². The fraction of sp³-hybridized carbons (Fsp3) is 0.143. The van der Waals surface area contributed by atoms with Crippen LogP contribution in [0.3, 0.4) is 0 Å². The van der Waals surface area contributed by atoms with Gasteiger partial charge in [-0.05, 0) is 48.4 Å². The number of benzene rings is 2. The van der Waals surface area contributed by atoms with E-state index in [2.05, 4.69) is 27.3 Å². The Labute approximate surface area is 119 Å². The zero-order valence-electron chi connectivity index (χ0n) is 9.81. The number of halogens is 3. The van der Waals surface area contributed by atoms with Crippen molar-refractivity contribution < 1.29 is 4.39 Å². The zero-order valence-corrected chi connectivity index (χ0v) is 12.1. The van der Waals surface area contributed by atoms with Gasteiger partial charge in [0.25, 0.3) is 0 Å². The smallest absolute Gasteiger partial charge is 0.141 e. The molecule has 0 aromatic heterocycles. The molecule has 0 aliphatic rings. The quantitative estimate of drug-likeness (QED) is 0.820. The molecule has 0 saturated carbocycles. The topological polar surface area (TPSA) is 12.0 Å². The maximum atomic E-state index is 13.0.